The fourth-order valence-electron chi connectivity index (χ4n) is 2.89. The number of rotatable bonds is 4. The van der Waals surface area contributed by atoms with Crippen LogP contribution in [0.1, 0.15) is 34.3 Å². The number of carbonyl (C=O) groups excluding carboxylic acids is 1. The van der Waals surface area contributed by atoms with E-state index in [9.17, 15) is 4.79 Å². The lowest BCUT2D eigenvalue weighted by Crippen LogP contribution is -2.50. The van der Waals surface area contributed by atoms with Gasteiger partial charge in [-0.1, -0.05) is 28.4 Å². The maximum absolute atomic E-state index is 12.6. The molecule has 2 aromatic heterocycles. The Morgan fingerprint density at radius 1 is 1.52 bits per heavy atom. The van der Waals surface area contributed by atoms with Gasteiger partial charge in [-0.05, 0) is 19.9 Å². The SMILES string of the molecule is Cc1[nH]c(C(=O)N[C@@H]2CCNC[C@@H]2n2cc(CC#N)nn2)c(Cl)c1Cl. The summed E-state index contributed by atoms with van der Waals surface area (Å²) in [5, 5.41) is 23.7. The first kappa shape index (κ1) is 17.7. The van der Waals surface area contributed by atoms with Crippen molar-refractivity contribution in [2.45, 2.75) is 31.8 Å². The lowest BCUT2D eigenvalue weighted by molar-refractivity contribution is 0.0905. The van der Waals surface area contributed by atoms with Crippen molar-refractivity contribution in [3.8, 4) is 6.07 Å². The molecule has 8 nitrogen and oxygen atoms in total. The van der Waals surface area contributed by atoms with Crippen LogP contribution in [0.15, 0.2) is 6.20 Å². The lowest BCUT2D eigenvalue weighted by atomic mass is 10.0. The summed E-state index contributed by atoms with van der Waals surface area (Å²) in [6.07, 6.45) is 2.67. The Balaban J connectivity index is 1.77. The molecule has 3 N–H and O–H groups in total. The number of piperidine rings is 1. The molecule has 1 fully saturated rings. The topological polar surface area (TPSA) is 111 Å². The van der Waals surface area contributed by atoms with Gasteiger partial charge in [0.05, 0.1) is 40.3 Å². The highest BCUT2D eigenvalue weighted by atomic mass is 35.5. The van der Waals surface area contributed by atoms with E-state index in [2.05, 4.69) is 25.9 Å². The molecule has 3 rings (SSSR count). The number of hydrogen-bond donors (Lipinski definition) is 3. The second kappa shape index (κ2) is 7.44. The van der Waals surface area contributed by atoms with E-state index in [1.807, 2.05) is 6.07 Å². The second-order valence-corrected chi connectivity index (χ2v) is 6.67. The highest BCUT2D eigenvalue weighted by Gasteiger charge is 2.30. The zero-order chi connectivity index (χ0) is 18.0. The molecule has 1 aliphatic rings. The third-order valence-corrected chi connectivity index (χ3v) is 5.15. The van der Waals surface area contributed by atoms with E-state index in [-0.39, 0.29) is 35.1 Å². The number of nitrogens with zero attached hydrogens (tertiary/aromatic N) is 4. The van der Waals surface area contributed by atoms with Crippen LogP contribution in [0.3, 0.4) is 0 Å². The fraction of sp³-hybridized carbons (Fsp3) is 0.467. The quantitative estimate of drug-likeness (QED) is 0.744. The van der Waals surface area contributed by atoms with Gasteiger partial charge in [-0.15, -0.1) is 5.10 Å². The minimum absolute atomic E-state index is 0.108. The fourth-order valence-corrected chi connectivity index (χ4v) is 3.31. The maximum Gasteiger partial charge on any atom is 0.269 e. The van der Waals surface area contributed by atoms with Gasteiger partial charge in [0.2, 0.25) is 0 Å². The zero-order valence-electron chi connectivity index (χ0n) is 13.5. The molecule has 0 spiro atoms. The van der Waals surface area contributed by atoms with Crippen LogP contribution in [-0.4, -0.2) is 45.0 Å². The van der Waals surface area contributed by atoms with Crippen LogP contribution in [0.25, 0.3) is 0 Å². The van der Waals surface area contributed by atoms with Crippen LogP contribution in [0.4, 0.5) is 0 Å². The molecular weight excluding hydrogens is 365 g/mol. The molecule has 25 heavy (non-hydrogen) atoms. The first-order chi connectivity index (χ1) is 12.0. The van der Waals surface area contributed by atoms with E-state index in [4.69, 9.17) is 28.5 Å². The van der Waals surface area contributed by atoms with E-state index >= 15 is 0 Å². The van der Waals surface area contributed by atoms with Crippen molar-refractivity contribution in [1.29, 1.82) is 5.26 Å². The average Bonchev–Trinajstić information content (AvgIpc) is 3.16. The molecule has 0 aromatic carbocycles. The molecule has 2 aromatic rings. The van der Waals surface area contributed by atoms with Crippen molar-refractivity contribution in [1.82, 2.24) is 30.6 Å². The van der Waals surface area contributed by atoms with Crippen LogP contribution in [0.5, 0.6) is 0 Å². The third kappa shape index (κ3) is 3.63. The van der Waals surface area contributed by atoms with Crippen LogP contribution < -0.4 is 10.6 Å². The van der Waals surface area contributed by atoms with Crippen LogP contribution in [0.2, 0.25) is 10.0 Å². The molecule has 1 aliphatic heterocycles. The summed E-state index contributed by atoms with van der Waals surface area (Å²) < 4.78 is 1.69. The number of nitrogens with one attached hydrogen (secondary N) is 3. The predicted octanol–water partition coefficient (Wildman–Crippen LogP) is 1.62. The molecule has 0 radical (unpaired) electrons. The van der Waals surface area contributed by atoms with Gasteiger partial charge in [-0.25, -0.2) is 4.68 Å². The smallest absolute Gasteiger partial charge is 0.269 e. The number of nitriles is 1. The Labute approximate surface area is 154 Å². The molecule has 2 atom stereocenters. The monoisotopic (exact) mass is 381 g/mol. The standard InChI is InChI=1S/C15H17Cl2N7O/c1-8-12(16)13(17)14(20-8)15(25)21-10-3-5-19-6-11(10)24-7-9(2-4-18)22-23-24/h7,10-11,19-20H,2-3,5-6H2,1H3,(H,21,25)/t10-,11+/m1/s1. The van der Waals surface area contributed by atoms with E-state index in [0.29, 0.717) is 23.0 Å². The molecule has 0 aliphatic carbocycles. The van der Waals surface area contributed by atoms with Gasteiger partial charge in [-0.2, -0.15) is 5.26 Å². The van der Waals surface area contributed by atoms with Gasteiger partial charge < -0.3 is 15.6 Å². The molecule has 3 heterocycles. The molecule has 10 heteroatoms. The molecule has 0 bridgehead atoms. The molecule has 1 amide bonds. The first-order valence-corrected chi connectivity index (χ1v) is 8.59. The molecule has 0 unspecified atom stereocenters. The van der Waals surface area contributed by atoms with E-state index in [0.717, 1.165) is 13.0 Å². The van der Waals surface area contributed by atoms with Crippen LogP contribution in [-0.2, 0) is 6.42 Å². The zero-order valence-corrected chi connectivity index (χ0v) is 15.0. The summed E-state index contributed by atoms with van der Waals surface area (Å²) in [7, 11) is 0. The maximum atomic E-state index is 12.6. The molecule has 132 valence electrons. The number of aryl methyl sites for hydroxylation is 1. The Morgan fingerprint density at radius 3 is 3.00 bits per heavy atom. The van der Waals surface area contributed by atoms with Crippen LogP contribution >= 0.6 is 23.2 Å². The average molecular weight is 382 g/mol. The lowest BCUT2D eigenvalue weighted by Gasteiger charge is -2.32. The Kier molecular flexibility index (Phi) is 5.27. The molecule has 1 saturated heterocycles. The number of aromatic nitrogens is 4. The summed E-state index contributed by atoms with van der Waals surface area (Å²) in [5.41, 5.74) is 1.51. The predicted molar refractivity (Wildman–Crippen MR) is 92.7 cm³/mol. The number of aromatic amines is 1. The Bertz CT molecular complexity index is 822. The van der Waals surface area contributed by atoms with Gasteiger partial charge in [0.25, 0.3) is 5.91 Å². The number of carbonyl (C=O) groups is 1. The van der Waals surface area contributed by atoms with Crippen molar-refractivity contribution in [3.05, 3.63) is 33.3 Å². The van der Waals surface area contributed by atoms with Crippen molar-refractivity contribution in [2.75, 3.05) is 13.1 Å². The van der Waals surface area contributed by atoms with E-state index in [1.54, 1.807) is 17.8 Å². The van der Waals surface area contributed by atoms with Gasteiger partial charge >= 0.3 is 0 Å². The third-order valence-electron chi connectivity index (χ3n) is 4.21. The van der Waals surface area contributed by atoms with Crippen molar-refractivity contribution in [2.24, 2.45) is 0 Å². The van der Waals surface area contributed by atoms with Crippen LogP contribution in [0, 0.1) is 18.3 Å². The second-order valence-electron chi connectivity index (χ2n) is 5.92. The minimum Gasteiger partial charge on any atom is -0.352 e. The van der Waals surface area contributed by atoms with Gasteiger partial charge in [0.15, 0.2) is 0 Å². The largest absolute Gasteiger partial charge is 0.352 e. The summed E-state index contributed by atoms with van der Waals surface area (Å²) in [6, 6.07) is 1.79. The number of halogens is 2. The number of amides is 1. The van der Waals surface area contributed by atoms with E-state index in [1.165, 1.54) is 0 Å². The van der Waals surface area contributed by atoms with Crippen molar-refractivity contribution < 1.29 is 4.79 Å². The summed E-state index contributed by atoms with van der Waals surface area (Å²) in [6.45, 7) is 3.17. The minimum atomic E-state index is -0.311. The van der Waals surface area contributed by atoms with Crippen molar-refractivity contribution in [3.63, 3.8) is 0 Å². The molecular formula is C15H17Cl2N7O. The van der Waals surface area contributed by atoms with Gasteiger partial charge in [0.1, 0.15) is 5.69 Å². The molecule has 0 saturated carbocycles. The van der Waals surface area contributed by atoms with E-state index < -0.39 is 0 Å². The van der Waals surface area contributed by atoms with Gasteiger partial charge in [0, 0.05) is 18.4 Å². The first-order valence-electron chi connectivity index (χ1n) is 7.84. The van der Waals surface area contributed by atoms with Gasteiger partial charge in [-0.3, -0.25) is 4.79 Å². The highest BCUT2D eigenvalue weighted by molar-refractivity contribution is 6.44. The normalized spacial score (nSPS) is 20.2. The number of H-pyrrole nitrogens is 1. The Hall–Kier alpha value is -2.08. The summed E-state index contributed by atoms with van der Waals surface area (Å²) >= 11 is 12.2. The summed E-state index contributed by atoms with van der Waals surface area (Å²) in [4.78, 5) is 15.5. The Morgan fingerprint density at radius 2 is 2.32 bits per heavy atom. The number of hydrogen-bond acceptors (Lipinski definition) is 5. The summed E-state index contributed by atoms with van der Waals surface area (Å²) in [5.74, 6) is -0.311. The van der Waals surface area contributed by atoms with Crippen molar-refractivity contribution >= 4 is 29.1 Å². The highest BCUT2D eigenvalue weighted by Crippen LogP contribution is 2.29.